The lowest BCUT2D eigenvalue weighted by Crippen LogP contribution is -2.29. The Morgan fingerprint density at radius 3 is 2.39 bits per heavy atom. The van der Waals surface area contributed by atoms with Crippen LogP contribution in [0.15, 0.2) is 74.8 Å². The van der Waals surface area contributed by atoms with Crippen LogP contribution < -0.4 is 9.73 Å². The zero-order valence-electron chi connectivity index (χ0n) is 16.5. The van der Waals surface area contributed by atoms with Crippen molar-refractivity contribution in [3.8, 4) is 0 Å². The number of aromatic nitrogens is 2. The zero-order valence-corrected chi connectivity index (χ0v) is 18.1. The highest BCUT2D eigenvalue weighted by Gasteiger charge is 2.34. The molecular weight excluding hydrogens is 438 g/mol. The summed E-state index contributed by atoms with van der Waals surface area (Å²) in [5.74, 6) is -0.303. The second-order valence-electron chi connectivity index (χ2n) is 6.57. The van der Waals surface area contributed by atoms with E-state index in [1.807, 2.05) is 18.2 Å². The lowest BCUT2D eigenvalue weighted by Gasteiger charge is -2.11. The Labute approximate surface area is 182 Å². The predicted molar refractivity (Wildman–Crippen MR) is 117 cm³/mol. The molecule has 0 unspecified atom stereocenters. The summed E-state index contributed by atoms with van der Waals surface area (Å²) in [5, 5.41) is 22.2. The van der Waals surface area contributed by atoms with Crippen LogP contribution in [0.1, 0.15) is 11.9 Å². The van der Waals surface area contributed by atoms with Crippen LogP contribution in [-0.4, -0.2) is 36.3 Å². The molecule has 1 N–H and O–H groups in total. The van der Waals surface area contributed by atoms with Crippen molar-refractivity contribution in [1.82, 2.24) is 10.2 Å². The first-order valence-corrected chi connectivity index (χ1v) is 11.4. The first-order valence-electron chi connectivity index (χ1n) is 9.11. The number of carbonyl (C=O) groups is 1. The third-order valence-electron chi connectivity index (χ3n) is 4.28. The van der Waals surface area contributed by atoms with Crippen LogP contribution in [0.4, 0.5) is 16.5 Å². The molecule has 0 bridgehead atoms. The van der Waals surface area contributed by atoms with E-state index in [1.54, 1.807) is 26.0 Å². The van der Waals surface area contributed by atoms with Gasteiger partial charge >= 0.3 is 0 Å². The fourth-order valence-electron chi connectivity index (χ4n) is 2.77. The van der Waals surface area contributed by atoms with Gasteiger partial charge in [-0.1, -0.05) is 29.5 Å². The van der Waals surface area contributed by atoms with Gasteiger partial charge in [-0.05, 0) is 50.2 Å². The van der Waals surface area contributed by atoms with E-state index >= 15 is 0 Å². The number of para-hydroxylation sites is 1. The SMILES string of the molecule is CC1=NN(c2ccccc2)C(=O)[C@@H]1N=Nc1ccc(S(=O)(=O)Nc2nnc(C)s2)cc1. The molecule has 1 atom stereocenters. The lowest BCUT2D eigenvalue weighted by atomic mass is 10.2. The summed E-state index contributed by atoms with van der Waals surface area (Å²) < 4.78 is 27.3. The van der Waals surface area contributed by atoms with Gasteiger partial charge in [0.05, 0.1) is 22.0 Å². The fourth-order valence-corrected chi connectivity index (χ4v) is 4.59. The Kier molecular flexibility index (Phi) is 5.57. The Morgan fingerprint density at radius 2 is 1.74 bits per heavy atom. The molecule has 4 rings (SSSR count). The molecule has 0 aliphatic carbocycles. The Morgan fingerprint density at radius 1 is 1.03 bits per heavy atom. The molecule has 0 spiro atoms. The maximum absolute atomic E-state index is 12.7. The number of hydrazone groups is 1. The van der Waals surface area contributed by atoms with Crippen LogP contribution in [0.25, 0.3) is 0 Å². The van der Waals surface area contributed by atoms with Gasteiger partial charge in [0.25, 0.3) is 15.9 Å². The number of hydrogen-bond donors (Lipinski definition) is 1. The number of nitrogens with one attached hydrogen (secondary N) is 1. The van der Waals surface area contributed by atoms with Crippen molar-refractivity contribution in [2.75, 3.05) is 9.73 Å². The van der Waals surface area contributed by atoms with Crippen molar-refractivity contribution in [3.63, 3.8) is 0 Å². The first kappa shape index (κ1) is 20.8. The largest absolute Gasteiger partial charge is 0.280 e. The van der Waals surface area contributed by atoms with E-state index < -0.39 is 16.1 Å². The molecule has 1 amide bonds. The number of carbonyl (C=O) groups excluding carboxylic acids is 1. The number of azo groups is 1. The molecule has 3 aromatic rings. The maximum atomic E-state index is 12.7. The monoisotopic (exact) mass is 455 g/mol. The molecule has 1 aromatic heterocycles. The molecule has 158 valence electrons. The maximum Gasteiger partial charge on any atom is 0.280 e. The fraction of sp³-hybridized carbons (Fsp3) is 0.158. The molecule has 0 saturated carbocycles. The molecule has 2 heterocycles. The molecule has 12 heteroatoms. The van der Waals surface area contributed by atoms with E-state index in [1.165, 1.54) is 29.3 Å². The van der Waals surface area contributed by atoms with Crippen molar-refractivity contribution in [3.05, 3.63) is 59.6 Å². The van der Waals surface area contributed by atoms with Gasteiger partial charge < -0.3 is 0 Å². The van der Waals surface area contributed by atoms with Crippen LogP contribution in [0.5, 0.6) is 0 Å². The van der Waals surface area contributed by atoms with Gasteiger partial charge in [0.15, 0.2) is 6.04 Å². The first-order chi connectivity index (χ1) is 14.8. The predicted octanol–water partition coefficient (Wildman–Crippen LogP) is 3.52. The van der Waals surface area contributed by atoms with Gasteiger partial charge in [0.2, 0.25) is 5.13 Å². The van der Waals surface area contributed by atoms with Crippen LogP contribution in [0.3, 0.4) is 0 Å². The number of anilines is 2. The average molecular weight is 456 g/mol. The standard InChI is InChI=1S/C19H17N7O3S2/c1-12-17(18(27)26(24-12)15-6-4-3-5-7-15)22-21-14-8-10-16(11-9-14)31(28,29)25-19-23-20-13(2)30-19/h3-11,17H,1-2H3,(H,23,25)/t17-/m1/s1. The van der Waals surface area contributed by atoms with Crippen molar-refractivity contribution in [2.45, 2.75) is 24.8 Å². The molecule has 0 saturated heterocycles. The van der Waals surface area contributed by atoms with E-state index in [2.05, 4.69) is 30.2 Å². The summed E-state index contributed by atoms with van der Waals surface area (Å²) in [4.78, 5) is 12.7. The number of nitrogens with zero attached hydrogens (tertiary/aromatic N) is 6. The number of hydrogen-bond acceptors (Lipinski definition) is 9. The van der Waals surface area contributed by atoms with E-state index in [0.29, 0.717) is 22.1 Å². The van der Waals surface area contributed by atoms with Crippen molar-refractivity contribution in [2.24, 2.45) is 15.3 Å². The van der Waals surface area contributed by atoms with E-state index in [0.717, 1.165) is 11.3 Å². The van der Waals surface area contributed by atoms with Crippen LogP contribution in [0, 0.1) is 6.92 Å². The highest BCUT2D eigenvalue weighted by atomic mass is 32.2. The van der Waals surface area contributed by atoms with E-state index in [-0.39, 0.29) is 15.9 Å². The highest BCUT2D eigenvalue weighted by molar-refractivity contribution is 7.93. The number of aryl methyl sites for hydroxylation is 1. The normalized spacial score (nSPS) is 16.7. The number of rotatable bonds is 6. The quantitative estimate of drug-likeness (QED) is 0.569. The van der Waals surface area contributed by atoms with Crippen molar-refractivity contribution in [1.29, 1.82) is 0 Å². The Balaban J connectivity index is 1.46. The topological polar surface area (TPSA) is 129 Å². The highest BCUT2D eigenvalue weighted by Crippen LogP contribution is 2.24. The van der Waals surface area contributed by atoms with E-state index in [4.69, 9.17) is 0 Å². The molecule has 1 aliphatic rings. The minimum absolute atomic E-state index is 0.0456. The zero-order chi connectivity index (χ0) is 22.0. The Hall–Kier alpha value is -3.51. The van der Waals surface area contributed by atoms with Gasteiger partial charge in [-0.3, -0.25) is 9.52 Å². The summed E-state index contributed by atoms with van der Waals surface area (Å²) >= 11 is 1.14. The van der Waals surface area contributed by atoms with Gasteiger partial charge in [-0.15, -0.1) is 10.2 Å². The number of amides is 1. The van der Waals surface area contributed by atoms with Crippen molar-refractivity contribution >= 4 is 49.5 Å². The van der Waals surface area contributed by atoms with Crippen LogP contribution >= 0.6 is 11.3 Å². The summed E-state index contributed by atoms with van der Waals surface area (Å²) in [5.41, 5.74) is 1.58. The second kappa shape index (κ2) is 8.32. The third kappa shape index (κ3) is 4.49. The molecule has 10 nitrogen and oxygen atoms in total. The van der Waals surface area contributed by atoms with Crippen LogP contribution in [-0.2, 0) is 14.8 Å². The molecule has 0 radical (unpaired) electrons. The second-order valence-corrected chi connectivity index (χ2v) is 9.43. The summed E-state index contributed by atoms with van der Waals surface area (Å²) in [6, 6.07) is 14.0. The Bertz CT molecular complexity index is 1270. The lowest BCUT2D eigenvalue weighted by molar-refractivity contribution is -0.117. The molecule has 31 heavy (non-hydrogen) atoms. The molecular formula is C19H17N7O3S2. The minimum atomic E-state index is -3.80. The van der Waals surface area contributed by atoms with Gasteiger partial charge in [-0.2, -0.15) is 20.3 Å². The van der Waals surface area contributed by atoms with Crippen LogP contribution in [0.2, 0.25) is 0 Å². The molecule has 2 aromatic carbocycles. The van der Waals surface area contributed by atoms with Gasteiger partial charge in [-0.25, -0.2) is 8.42 Å². The smallest absolute Gasteiger partial charge is 0.269 e. The molecule has 0 fully saturated rings. The minimum Gasteiger partial charge on any atom is -0.269 e. The van der Waals surface area contributed by atoms with E-state index in [9.17, 15) is 13.2 Å². The number of sulfonamides is 1. The third-order valence-corrected chi connectivity index (χ3v) is 6.52. The number of benzene rings is 2. The van der Waals surface area contributed by atoms with Gasteiger partial charge in [0.1, 0.15) is 5.01 Å². The molecule has 1 aliphatic heterocycles. The van der Waals surface area contributed by atoms with Crippen molar-refractivity contribution < 1.29 is 13.2 Å². The summed E-state index contributed by atoms with van der Waals surface area (Å²) in [6.07, 6.45) is 0. The van der Waals surface area contributed by atoms with Gasteiger partial charge in [0, 0.05) is 0 Å². The summed E-state index contributed by atoms with van der Waals surface area (Å²) in [6.45, 7) is 3.44. The summed E-state index contributed by atoms with van der Waals surface area (Å²) in [7, 11) is -3.80. The average Bonchev–Trinajstić information content (AvgIpc) is 3.29.